The Hall–Kier alpha value is -3.78. The van der Waals surface area contributed by atoms with E-state index in [0.29, 0.717) is 22.4 Å². The Labute approximate surface area is 212 Å². The summed E-state index contributed by atoms with van der Waals surface area (Å²) in [5, 5.41) is 25.4. The second-order valence-electron chi connectivity index (χ2n) is 7.60. The van der Waals surface area contributed by atoms with Gasteiger partial charge in [0, 0.05) is 30.5 Å². The van der Waals surface area contributed by atoms with Crippen LogP contribution in [0.4, 0.5) is 5.95 Å². The van der Waals surface area contributed by atoms with Crippen molar-refractivity contribution in [2.75, 3.05) is 18.9 Å². The lowest BCUT2D eigenvalue weighted by Crippen LogP contribution is -2.31. The van der Waals surface area contributed by atoms with Crippen LogP contribution in [0.15, 0.2) is 42.4 Å². The number of nitrogens with zero attached hydrogens (tertiary/aromatic N) is 6. The van der Waals surface area contributed by atoms with Gasteiger partial charge in [0.1, 0.15) is 17.3 Å². The number of nitrogens with one attached hydrogen (secondary N) is 2. The van der Waals surface area contributed by atoms with E-state index in [0.717, 1.165) is 6.08 Å². The van der Waals surface area contributed by atoms with Crippen LogP contribution >= 0.6 is 11.6 Å². The molecule has 0 aliphatic heterocycles. The number of pyridine rings is 1. The molecule has 0 saturated heterocycles. The molecule has 0 aromatic carbocycles. The summed E-state index contributed by atoms with van der Waals surface area (Å²) in [7, 11) is -1.30. The number of hydrogen-bond acceptors (Lipinski definition) is 11. The SMILES string of the molecule is COC(=N)/C=C(\O)Cn1c(NS(=O)(=O)[C@@H](C)[C@H](C)c2ncc(Cl)cn2)nnc1-c1cccc(OC)n1. The highest BCUT2D eigenvalue weighted by molar-refractivity contribution is 7.93. The molecule has 192 valence electrons. The molecule has 3 aromatic heterocycles. The fourth-order valence-corrected chi connectivity index (χ4v) is 4.39. The Kier molecular flexibility index (Phi) is 8.42. The number of ether oxygens (including phenoxy) is 2. The molecular formula is C21H25ClN8O5S. The van der Waals surface area contributed by atoms with Crippen LogP contribution in [0.2, 0.25) is 5.02 Å². The number of allylic oxidation sites excluding steroid dienone is 1. The summed E-state index contributed by atoms with van der Waals surface area (Å²) in [5.41, 5.74) is 0.317. The molecule has 0 amide bonds. The van der Waals surface area contributed by atoms with Gasteiger partial charge in [-0.2, -0.15) is 0 Å². The molecule has 3 aromatic rings. The molecule has 3 rings (SSSR count). The number of aliphatic hydroxyl groups excluding tert-OH is 1. The van der Waals surface area contributed by atoms with Gasteiger partial charge in [-0.05, 0) is 13.0 Å². The maximum absolute atomic E-state index is 13.2. The van der Waals surface area contributed by atoms with E-state index in [9.17, 15) is 13.5 Å². The molecule has 0 fully saturated rings. The first-order valence-electron chi connectivity index (χ1n) is 10.5. The summed E-state index contributed by atoms with van der Waals surface area (Å²) in [4.78, 5) is 12.5. The van der Waals surface area contributed by atoms with Crippen molar-refractivity contribution in [2.45, 2.75) is 31.6 Å². The van der Waals surface area contributed by atoms with Gasteiger partial charge in [-0.25, -0.2) is 23.4 Å². The number of aliphatic hydroxyl groups is 1. The van der Waals surface area contributed by atoms with Gasteiger partial charge < -0.3 is 14.6 Å². The molecule has 0 aliphatic carbocycles. The summed E-state index contributed by atoms with van der Waals surface area (Å²) >= 11 is 5.83. The maximum Gasteiger partial charge on any atom is 0.239 e. The Morgan fingerprint density at radius 1 is 1.25 bits per heavy atom. The third-order valence-corrected chi connectivity index (χ3v) is 7.27. The summed E-state index contributed by atoms with van der Waals surface area (Å²) in [5.74, 6) is -0.608. The largest absolute Gasteiger partial charge is 0.510 e. The molecule has 3 heterocycles. The Bertz CT molecular complexity index is 1360. The third-order valence-electron chi connectivity index (χ3n) is 5.22. The second kappa shape index (κ2) is 11.3. The van der Waals surface area contributed by atoms with Crippen LogP contribution in [0, 0.1) is 5.41 Å². The Morgan fingerprint density at radius 2 is 1.94 bits per heavy atom. The zero-order valence-electron chi connectivity index (χ0n) is 19.9. The van der Waals surface area contributed by atoms with Crippen molar-refractivity contribution in [2.24, 2.45) is 0 Å². The highest BCUT2D eigenvalue weighted by Gasteiger charge is 2.31. The summed E-state index contributed by atoms with van der Waals surface area (Å²) in [6.07, 6.45) is 3.86. The minimum atomic E-state index is -4.04. The minimum absolute atomic E-state index is 0.150. The van der Waals surface area contributed by atoms with E-state index in [-0.39, 0.29) is 30.0 Å². The van der Waals surface area contributed by atoms with Gasteiger partial charge in [0.2, 0.25) is 27.7 Å². The molecule has 0 unspecified atom stereocenters. The van der Waals surface area contributed by atoms with E-state index in [1.54, 1.807) is 25.1 Å². The molecule has 3 N–H and O–H groups in total. The average Bonchev–Trinajstić information content (AvgIpc) is 3.24. The van der Waals surface area contributed by atoms with Crippen LogP contribution in [0.25, 0.3) is 11.5 Å². The van der Waals surface area contributed by atoms with Crippen molar-refractivity contribution in [1.29, 1.82) is 5.41 Å². The van der Waals surface area contributed by atoms with Gasteiger partial charge in [0.25, 0.3) is 0 Å². The molecule has 0 radical (unpaired) electrons. The lowest BCUT2D eigenvalue weighted by molar-refractivity contribution is 0.368. The number of anilines is 1. The van der Waals surface area contributed by atoms with Crippen molar-refractivity contribution in [3.8, 4) is 17.4 Å². The molecule has 0 spiro atoms. The first-order valence-corrected chi connectivity index (χ1v) is 12.4. The third kappa shape index (κ3) is 6.26. The van der Waals surface area contributed by atoms with Crippen molar-refractivity contribution < 1.29 is 23.0 Å². The van der Waals surface area contributed by atoms with Gasteiger partial charge in [-0.3, -0.25) is 14.7 Å². The Morgan fingerprint density at radius 3 is 2.58 bits per heavy atom. The molecule has 13 nitrogen and oxygen atoms in total. The number of aromatic nitrogens is 6. The van der Waals surface area contributed by atoms with Crippen molar-refractivity contribution in [1.82, 2.24) is 29.7 Å². The van der Waals surface area contributed by atoms with Gasteiger partial charge >= 0.3 is 0 Å². The lowest BCUT2D eigenvalue weighted by Gasteiger charge is -2.20. The van der Waals surface area contributed by atoms with Crippen LogP contribution < -0.4 is 9.46 Å². The summed E-state index contributed by atoms with van der Waals surface area (Å²) in [6, 6.07) is 4.94. The summed E-state index contributed by atoms with van der Waals surface area (Å²) < 4.78 is 40.1. The topological polar surface area (TPSA) is 178 Å². The second-order valence-corrected chi connectivity index (χ2v) is 10.1. The van der Waals surface area contributed by atoms with Gasteiger partial charge in [0.15, 0.2) is 5.82 Å². The van der Waals surface area contributed by atoms with E-state index in [1.807, 2.05) is 0 Å². The Balaban J connectivity index is 1.99. The first-order chi connectivity index (χ1) is 17.1. The molecule has 15 heteroatoms. The minimum Gasteiger partial charge on any atom is -0.510 e. The summed E-state index contributed by atoms with van der Waals surface area (Å²) in [6.45, 7) is 2.90. The van der Waals surface area contributed by atoms with Gasteiger partial charge in [-0.15, -0.1) is 10.2 Å². The number of halogens is 1. The van der Waals surface area contributed by atoms with Crippen molar-refractivity contribution >= 4 is 33.5 Å². The van der Waals surface area contributed by atoms with Crippen LogP contribution in [-0.2, 0) is 21.3 Å². The highest BCUT2D eigenvalue weighted by atomic mass is 35.5. The van der Waals surface area contributed by atoms with Crippen LogP contribution in [0.1, 0.15) is 25.6 Å². The van der Waals surface area contributed by atoms with E-state index < -0.39 is 21.2 Å². The van der Waals surface area contributed by atoms with E-state index >= 15 is 0 Å². The predicted molar refractivity (Wildman–Crippen MR) is 133 cm³/mol. The van der Waals surface area contributed by atoms with Crippen LogP contribution in [0.5, 0.6) is 5.88 Å². The standard InChI is InChI=1S/C21H25ClN8O5S/c1-12(19-24-9-14(22)10-25-19)13(2)36(32,33)29-21-28-27-20(16-6-5-7-18(26-16)35-4)30(21)11-15(31)8-17(23)34-3/h5-10,12-13,23,31H,11H2,1-4H3,(H,28,29)/b15-8-,23-17?/t12-,13-/m0/s1. The van der Waals surface area contributed by atoms with E-state index in [4.69, 9.17) is 26.5 Å². The average molecular weight is 537 g/mol. The molecule has 36 heavy (non-hydrogen) atoms. The van der Waals surface area contributed by atoms with Crippen molar-refractivity contribution in [3.63, 3.8) is 0 Å². The highest BCUT2D eigenvalue weighted by Crippen LogP contribution is 2.26. The number of hydrogen-bond donors (Lipinski definition) is 3. The van der Waals surface area contributed by atoms with Crippen LogP contribution in [-0.4, -0.2) is 68.6 Å². The van der Waals surface area contributed by atoms with Crippen molar-refractivity contribution in [3.05, 3.63) is 53.3 Å². The molecule has 0 bridgehead atoms. The molecule has 0 saturated carbocycles. The smallest absolute Gasteiger partial charge is 0.239 e. The molecule has 2 atom stereocenters. The number of sulfonamides is 1. The fraction of sp³-hybridized carbons (Fsp3) is 0.333. The quantitative estimate of drug-likeness (QED) is 0.198. The maximum atomic E-state index is 13.2. The van der Waals surface area contributed by atoms with Gasteiger partial charge in [-0.1, -0.05) is 24.6 Å². The monoisotopic (exact) mass is 536 g/mol. The normalized spacial score (nSPS) is 13.6. The fourth-order valence-electron chi connectivity index (χ4n) is 3.04. The van der Waals surface area contributed by atoms with E-state index in [2.05, 4.69) is 29.9 Å². The predicted octanol–water partition coefficient (Wildman–Crippen LogP) is 2.79. The molecular weight excluding hydrogens is 512 g/mol. The zero-order chi connectivity index (χ0) is 26.5. The zero-order valence-corrected chi connectivity index (χ0v) is 21.4. The lowest BCUT2D eigenvalue weighted by atomic mass is 10.1. The first kappa shape index (κ1) is 26.8. The number of rotatable bonds is 10. The van der Waals surface area contributed by atoms with E-state index in [1.165, 1.54) is 38.1 Å². The van der Waals surface area contributed by atoms with Crippen LogP contribution in [0.3, 0.4) is 0 Å². The molecule has 0 aliphatic rings. The number of methoxy groups -OCH3 is 2. The van der Waals surface area contributed by atoms with Gasteiger partial charge in [0.05, 0.1) is 31.0 Å².